The minimum atomic E-state index is -0.210. The molecule has 0 radical (unpaired) electrons. The van der Waals surface area contributed by atoms with Gasteiger partial charge in [-0.25, -0.2) is 4.39 Å². The van der Waals surface area contributed by atoms with E-state index in [2.05, 4.69) is 24.8 Å². The Bertz CT molecular complexity index is 537. The lowest BCUT2D eigenvalue weighted by atomic mass is 9.81. The van der Waals surface area contributed by atoms with Crippen molar-refractivity contribution in [1.82, 2.24) is 0 Å². The van der Waals surface area contributed by atoms with Crippen molar-refractivity contribution >= 4 is 0 Å². The molecular formula is C20H25F. The molecule has 21 heavy (non-hydrogen) atoms. The van der Waals surface area contributed by atoms with Crippen LogP contribution >= 0.6 is 0 Å². The average molecular weight is 284 g/mol. The van der Waals surface area contributed by atoms with Gasteiger partial charge in [-0.15, -0.1) is 0 Å². The molecule has 1 aliphatic rings. The first-order valence-corrected chi connectivity index (χ1v) is 8.19. The zero-order chi connectivity index (χ0) is 15.1. The molecule has 1 fully saturated rings. The highest BCUT2D eigenvalue weighted by Gasteiger charge is 2.17. The number of halogens is 1. The van der Waals surface area contributed by atoms with Gasteiger partial charge in [-0.05, 0) is 67.7 Å². The van der Waals surface area contributed by atoms with Crippen molar-refractivity contribution in [3.63, 3.8) is 0 Å². The predicted molar refractivity (Wildman–Crippen MR) is 87.5 cm³/mol. The molecular weight excluding hydrogens is 259 g/mol. The molecule has 0 saturated heterocycles. The molecule has 1 aromatic rings. The smallest absolute Gasteiger partial charge is 0.139 e. The summed E-state index contributed by atoms with van der Waals surface area (Å²) in [6.07, 6.45) is 11.5. The van der Waals surface area contributed by atoms with Gasteiger partial charge in [-0.2, -0.15) is 0 Å². The van der Waals surface area contributed by atoms with Gasteiger partial charge in [0.1, 0.15) is 5.82 Å². The molecule has 0 amide bonds. The lowest BCUT2D eigenvalue weighted by Crippen LogP contribution is -2.11. The van der Waals surface area contributed by atoms with E-state index in [1.807, 2.05) is 19.1 Å². The van der Waals surface area contributed by atoms with E-state index in [1.165, 1.54) is 32.1 Å². The first kappa shape index (κ1) is 15.8. The van der Waals surface area contributed by atoms with Crippen LogP contribution < -0.4 is 0 Å². The van der Waals surface area contributed by atoms with E-state index in [9.17, 15) is 4.39 Å². The maximum atomic E-state index is 13.8. The average Bonchev–Trinajstić information content (AvgIpc) is 2.53. The van der Waals surface area contributed by atoms with Gasteiger partial charge >= 0.3 is 0 Å². The van der Waals surface area contributed by atoms with E-state index < -0.39 is 0 Å². The standard InChI is InChI=1S/C20H25F/c1-3-16-9-11-18(12-10-16)7-5-6-8-19-14-13-17(4-2)15-20(19)21/h5,7,13-16,18H,3-4,9-12H2,1-2H3/t16-,18-. The molecule has 0 N–H and O–H groups in total. The number of hydrogen-bond donors (Lipinski definition) is 0. The summed E-state index contributed by atoms with van der Waals surface area (Å²) in [5, 5.41) is 0. The van der Waals surface area contributed by atoms with Crippen LogP contribution in [0.4, 0.5) is 4.39 Å². The van der Waals surface area contributed by atoms with Crippen molar-refractivity contribution in [3.8, 4) is 11.8 Å². The van der Waals surface area contributed by atoms with E-state index >= 15 is 0 Å². The van der Waals surface area contributed by atoms with Gasteiger partial charge in [0.05, 0.1) is 5.56 Å². The van der Waals surface area contributed by atoms with Gasteiger partial charge in [-0.3, -0.25) is 0 Å². The highest BCUT2D eigenvalue weighted by atomic mass is 19.1. The molecule has 1 aliphatic carbocycles. The first-order valence-electron chi connectivity index (χ1n) is 8.19. The van der Waals surface area contributed by atoms with Crippen molar-refractivity contribution in [2.45, 2.75) is 52.4 Å². The monoisotopic (exact) mass is 284 g/mol. The van der Waals surface area contributed by atoms with Crippen LogP contribution in [0.1, 0.15) is 57.1 Å². The lowest BCUT2D eigenvalue weighted by molar-refractivity contribution is 0.304. The molecule has 2 rings (SSSR count). The van der Waals surface area contributed by atoms with Crippen molar-refractivity contribution in [1.29, 1.82) is 0 Å². The molecule has 0 atom stereocenters. The second-order valence-corrected chi connectivity index (χ2v) is 5.99. The molecule has 0 aromatic heterocycles. The van der Waals surface area contributed by atoms with Crippen molar-refractivity contribution in [3.05, 3.63) is 47.3 Å². The highest BCUT2D eigenvalue weighted by Crippen LogP contribution is 2.31. The number of rotatable bonds is 3. The fourth-order valence-corrected chi connectivity index (χ4v) is 2.97. The fourth-order valence-electron chi connectivity index (χ4n) is 2.97. The Labute approximate surface area is 128 Å². The minimum Gasteiger partial charge on any atom is -0.206 e. The van der Waals surface area contributed by atoms with Gasteiger partial charge in [0.15, 0.2) is 0 Å². The number of aryl methyl sites for hydroxylation is 1. The van der Waals surface area contributed by atoms with Crippen molar-refractivity contribution in [2.24, 2.45) is 11.8 Å². The molecule has 0 aliphatic heterocycles. The Morgan fingerprint density at radius 3 is 2.57 bits per heavy atom. The summed E-state index contributed by atoms with van der Waals surface area (Å²) < 4.78 is 13.8. The van der Waals surface area contributed by atoms with Crippen LogP contribution in [0.3, 0.4) is 0 Å². The Balaban J connectivity index is 1.90. The van der Waals surface area contributed by atoms with Crippen LogP contribution in [0.5, 0.6) is 0 Å². The van der Waals surface area contributed by atoms with Crippen LogP contribution in [0.25, 0.3) is 0 Å². The van der Waals surface area contributed by atoms with Crippen LogP contribution in [-0.4, -0.2) is 0 Å². The summed E-state index contributed by atoms with van der Waals surface area (Å²) in [5.74, 6) is 7.27. The minimum absolute atomic E-state index is 0.210. The third kappa shape index (κ3) is 4.74. The highest BCUT2D eigenvalue weighted by molar-refractivity contribution is 5.39. The molecule has 0 bridgehead atoms. The lowest BCUT2D eigenvalue weighted by Gasteiger charge is -2.25. The first-order chi connectivity index (χ1) is 10.2. The van der Waals surface area contributed by atoms with Gasteiger partial charge in [0, 0.05) is 0 Å². The summed E-state index contributed by atoms with van der Waals surface area (Å²) in [6, 6.07) is 5.31. The summed E-state index contributed by atoms with van der Waals surface area (Å²) in [7, 11) is 0. The Kier molecular flexibility index (Phi) is 6.05. The van der Waals surface area contributed by atoms with Crippen molar-refractivity contribution in [2.75, 3.05) is 0 Å². The third-order valence-corrected chi connectivity index (χ3v) is 4.57. The summed E-state index contributed by atoms with van der Waals surface area (Å²) in [4.78, 5) is 0. The van der Waals surface area contributed by atoms with E-state index in [0.29, 0.717) is 11.5 Å². The molecule has 0 nitrogen and oxygen atoms in total. The van der Waals surface area contributed by atoms with E-state index in [-0.39, 0.29) is 5.82 Å². The molecule has 0 unspecified atom stereocenters. The molecule has 1 saturated carbocycles. The second-order valence-electron chi connectivity index (χ2n) is 5.99. The van der Waals surface area contributed by atoms with Gasteiger partial charge in [0.25, 0.3) is 0 Å². The van der Waals surface area contributed by atoms with E-state index in [1.54, 1.807) is 12.1 Å². The van der Waals surface area contributed by atoms with Gasteiger partial charge in [-0.1, -0.05) is 44.3 Å². The topological polar surface area (TPSA) is 0 Å². The van der Waals surface area contributed by atoms with E-state index in [0.717, 1.165) is 17.9 Å². The number of allylic oxidation sites excluding steroid dienone is 2. The van der Waals surface area contributed by atoms with E-state index in [4.69, 9.17) is 0 Å². The Morgan fingerprint density at radius 1 is 1.19 bits per heavy atom. The second kappa shape index (κ2) is 8.03. The SMILES string of the molecule is CCc1ccc(C#CC=C[C@H]2CC[C@H](CC)CC2)c(F)c1. The zero-order valence-corrected chi connectivity index (χ0v) is 13.2. The van der Waals surface area contributed by atoms with Crippen LogP contribution in [0, 0.1) is 29.5 Å². The van der Waals surface area contributed by atoms with Gasteiger partial charge in [0.2, 0.25) is 0 Å². The fraction of sp³-hybridized carbons (Fsp3) is 0.500. The molecule has 1 aromatic carbocycles. The van der Waals surface area contributed by atoms with Crippen LogP contribution in [0.15, 0.2) is 30.4 Å². The largest absolute Gasteiger partial charge is 0.206 e. The molecule has 0 heterocycles. The van der Waals surface area contributed by atoms with Crippen LogP contribution in [0.2, 0.25) is 0 Å². The maximum Gasteiger partial charge on any atom is 0.139 e. The normalized spacial score (nSPS) is 22.0. The Hall–Kier alpha value is -1.55. The summed E-state index contributed by atoms with van der Waals surface area (Å²) >= 11 is 0. The maximum absolute atomic E-state index is 13.8. The summed E-state index contributed by atoms with van der Waals surface area (Å²) in [6.45, 7) is 4.31. The molecule has 1 heteroatoms. The summed E-state index contributed by atoms with van der Waals surface area (Å²) in [5.41, 5.74) is 1.51. The quantitative estimate of drug-likeness (QED) is 0.642. The number of benzene rings is 1. The van der Waals surface area contributed by atoms with Gasteiger partial charge < -0.3 is 0 Å². The molecule has 112 valence electrons. The zero-order valence-electron chi connectivity index (χ0n) is 13.2. The van der Waals surface area contributed by atoms with Crippen LogP contribution in [-0.2, 0) is 6.42 Å². The third-order valence-electron chi connectivity index (χ3n) is 4.57. The van der Waals surface area contributed by atoms with Crippen molar-refractivity contribution < 1.29 is 4.39 Å². The molecule has 0 spiro atoms. The Morgan fingerprint density at radius 2 is 1.95 bits per heavy atom. The number of hydrogen-bond acceptors (Lipinski definition) is 0. The predicted octanol–water partition coefficient (Wildman–Crippen LogP) is 5.51.